The predicted octanol–water partition coefficient (Wildman–Crippen LogP) is 3.55. The van der Waals surface area contributed by atoms with Crippen molar-refractivity contribution < 1.29 is 27.1 Å². The van der Waals surface area contributed by atoms with Gasteiger partial charge < -0.3 is 15.8 Å². The number of carbonyl (C=O) groups excluding carboxylic acids is 1. The molecule has 1 aromatic carbocycles. The summed E-state index contributed by atoms with van der Waals surface area (Å²) in [5, 5.41) is 2.78. The zero-order chi connectivity index (χ0) is 18.1. The first kappa shape index (κ1) is 19.2. The highest BCUT2D eigenvalue weighted by Gasteiger charge is 2.44. The summed E-state index contributed by atoms with van der Waals surface area (Å²) in [7, 11) is 0. The summed E-state index contributed by atoms with van der Waals surface area (Å²) in [6.45, 7) is 0.729. The Bertz CT molecular complexity index is 634. The lowest BCUT2D eigenvalue weighted by Gasteiger charge is -2.35. The number of benzene rings is 1. The quantitative estimate of drug-likeness (QED) is 0.472. The molecule has 4 nitrogen and oxygen atoms in total. The summed E-state index contributed by atoms with van der Waals surface area (Å²) in [6, 6.07) is 0.717. The van der Waals surface area contributed by atoms with Gasteiger partial charge in [-0.3, -0.25) is 0 Å². The lowest BCUT2D eigenvalue weighted by atomic mass is 9.83. The van der Waals surface area contributed by atoms with Gasteiger partial charge in [-0.05, 0) is 32.0 Å². The molecule has 1 unspecified atom stereocenters. The average molecular weight is 389 g/mol. The van der Waals surface area contributed by atoms with Crippen LogP contribution < -0.4 is 15.8 Å². The molecule has 1 saturated heterocycles. The van der Waals surface area contributed by atoms with E-state index in [-0.39, 0.29) is 28.5 Å². The molecule has 0 aromatic heterocycles. The van der Waals surface area contributed by atoms with E-state index in [9.17, 15) is 18.0 Å². The first-order chi connectivity index (χ1) is 11.0. The molecule has 1 fully saturated rings. The third kappa shape index (κ3) is 4.11. The van der Waals surface area contributed by atoms with Gasteiger partial charge in [-0.15, -0.1) is 0 Å². The van der Waals surface area contributed by atoms with Crippen LogP contribution in [0.15, 0.2) is 12.1 Å². The van der Waals surface area contributed by atoms with Crippen LogP contribution in [0.5, 0.6) is 5.75 Å². The topological polar surface area (TPSA) is 64.3 Å². The second-order valence-corrected chi connectivity index (χ2v) is 6.27. The van der Waals surface area contributed by atoms with E-state index in [0.717, 1.165) is 12.1 Å². The molecule has 1 aromatic rings. The van der Waals surface area contributed by atoms with Crippen LogP contribution in [0.4, 0.5) is 17.6 Å². The maximum absolute atomic E-state index is 15.0. The van der Waals surface area contributed by atoms with Gasteiger partial charge >= 0.3 is 12.1 Å². The molecule has 1 aliphatic rings. The summed E-state index contributed by atoms with van der Waals surface area (Å²) < 4.78 is 56.7. The molecule has 0 spiro atoms. The van der Waals surface area contributed by atoms with Crippen molar-refractivity contribution in [2.45, 2.75) is 30.7 Å². The first-order valence-corrected chi connectivity index (χ1v) is 7.73. The summed E-state index contributed by atoms with van der Waals surface area (Å²) in [6.07, 6.45) is -5.10. The molecule has 0 radical (unpaired) electrons. The predicted molar refractivity (Wildman–Crippen MR) is 81.0 cm³/mol. The van der Waals surface area contributed by atoms with Crippen molar-refractivity contribution in [1.29, 1.82) is 0 Å². The van der Waals surface area contributed by atoms with Gasteiger partial charge in [-0.25, -0.2) is 9.18 Å². The van der Waals surface area contributed by atoms with E-state index in [1.807, 2.05) is 0 Å². The molecule has 0 bridgehead atoms. The van der Waals surface area contributed by atoms with Gasteiger partial charge in [0.1, 0.15) is 11.4 Å². The molecule has 1 aliphatic heterocycles. The molecule has 0 aliphatic carbocycles. The molecule has 3 N–H and O–H groups in total. The Kier molecular flexibility index (Phi) is 5.64. The van der Waals surface area contributed by atoms with Gasteiger partial charge in [0, 0.05) is 11.6 Å². The van der Waals surface area contributed by atoms with Crippen molar-refractivity contribution in [2.24, 2.45) is 5.73 Å². The van der Waals surface area contributed by atoms with E-state index >= 15 is 4.39 Å². The third-order valence-electron chi connectivity index (χ3n) is 3.81. The Morgan fingerprint density at radius 1 is 1.25 bits per heavy atom. The molecule has 0 amide bonds. The molecule has 2 rings (SSSR count). The number of ether oxygens (including phenoxy) is 1. The number of esters is 1. The van der Waals surface area contributed by atoms with Crippen LogP contribution in [0.25, 0.3) is 0 Å². The number of rotatable bonds is 3. The van der Waals surface area contributed by atoms with Gasteiger partial charge in [-0.2, -0.15) is 13.2 Å². The van der Waals surface area contributed by atoms with Crippen molar-refractivity contribution in [2.75, 3.05) is 13.1 Å². The molecule has 1 heterocycles. The van der Waals surface area contributed by atoms with Crippen LogP contribution in [-0.2, 0) is 4.79 Å². The van der Waals surface area contributed by atoms with E-state index in [4.69, 9.17) is 28.9 Å². The zero-order valence-corrected chi connectivity index (χ0v) is 13.7. The second kappa shape index (κ2) is 7.03. The molecule has 1 atom stereocenters. The number of carbonyl (C=O) groups is 1. The van der Waals surface area contributed by atoms with Crippen LogP contribution >= 0.6 is 23.2 Å². The van der Waals surface area contributed by atoms with Crippen LogP contribution in [0.2, 0.25) is 10.0 Å². The summed E-state index contributed by atoms with van der Waals surface area (Å²) >= 11 is 11.6. The fraction of sp³-hybridized carbons (Fsp3) is 0.500. The Morgan fingerprint density at radius 2 is 1.79 bits per heavy atom. The Morgan fingerprint density at radius 3 is 2.33 bits per heavy atom. The number of halogens is 6. The van der Waals surface area contributed by atoms with Gasteiger partial charge in [0.25, 0.3) is 0 Å². The van der Waals surface area contributed by atoms with E-state index in [1.165, 1.54) is 0 Å². The smallest absolute Gasteiger partial charge is 0.419 e. The minimum absolute atomic E-state index is 0.0357. The van der Waals surface area contributed by atoms with Crippen LogP contribution in [0.1, 0.15) is 24.4 Å². The molecule has 10 heteroatoms. The van der Waals surface area contributed by atoms with Crippen LogP contribution in [0.3, 0.4) is 0 Å². The standard InChI is InChI=1S/C14H14Cl2F4N2O2/c15-8-5-7(11(21)13(17)1-3-22-4-2-13)10(6-9(8)16)24-12(23)14(18,19)20/h5-6,11,22H,1-4,21H2. The van der Waals surface area contributed by atoms with E-state index in [0.29, 0.717) is 13.1 Å². The minimum atomic E-state index is -5.21. The molecule has 134 valence electrons. The van der Waals surface area contributed by atoms with Gasteiger partial charge in [0.05, 0.1) is 16.1 Å². The lowest BCUT2D eigenvalue weighted by molar-refractivity contribution is -0.189. The Labute approximate surface area is 145 Å². The summed E-state index contributed by atoms with van der Waals surface area (Å²) in [5.41, 5.74) is 3.91. The molecular formula is C14H14Cl2F4N2O2. The number of hydrogen-bond acceptors (Lipinski definition) is 4. The maximum Gasteiger partial charge on any atom is 0.491 e. The summed E-state index contributed by atoms with van der Waals surface area (Å²) in [5.74, 6) is -3.01. The number of nitrogens with two attached hydrogens (primary N) is 1. The molecule has 24 heavy (non-hydrogen) atoms. The van der Waals surface area contributed by atoms with E-state index in [1.54, 1.807) is 0 Å². The zero-order valence-electron chi connectivity index (χ0n) is 12.2. The highest BCUT2D eigenvalue weighted by atomic mass is 35.5. The normalized spacial score (nSPS) is 19.0. The Balaban J connectivity index is 2.40. The lowest BCUT2D eigenvalue weighted by Crippen LogP contribution is -2.46. The van der Waals surface area contributed by atoms with Crippen molar-refractivity contribution in [1.82, 2.24) is 5.32 Å². The van der Waals surface area contributed by atoms with Crippen molar-refractivity contribution in [3.8, 4) is 5.75 Å². The van der Waals surface area contributed by atoms with Crippen molar-refractivity contribution >= 4 is 29.2 Å². The molecule has 0 saturated carbocycles. The maximum atomic E-state index is 15.0. The van der Waals surface area contributed by atoms with Crippen LogP contribution in [-0.4, -0.2) is 30.9 Å². The second-order valence-electron chi connectivity index (χ2n) is 5.45. The number of piperidine rings is 1. The third-order valence-corrected chi connectivity index (χ3v) is 4.54. The van der Waals surface area contributed by atoms with Crippen molar-refractivity contribution in [3.63, 3.8) is 0 Å². The number of alkyl halides is 4. The van der Waals surface area contributed by atoms with E-state index in [2.05, 4.69) is 10.1 Å². The SMILES string of the molecule is NC(c1cc(Cl)c(Cl)cc1OC(=O)C(F)(F)F)C1(F)CCNCC1. The van der Waals surface area contributed by atoms with Gasteiger partial charge in [0.15, 0.2) is 0 Å². The number of hydrogen-bond donors (Lipinski definition) is 2. The minimum Gasteiger partial charge on any atom is -0.419 e. The monoisotopic (exact) mass is 388 g/mol. The summed E-state index contributed by atoms with van der Waals surface area (Å²) in [4.78, 5) is 11.1. The molecular weight excluding hydrogens is 375 g/mol. The van der Waals surface area contributed by atoms with Gasteiger partial charge in [-0.1, -0.05) is 23.2 Å². The fourth-order valence-electron chi connectivity index (χ4n) is 2.47. The number of nitrogens with one attached hydrogen (secondary N) is 1. The average Bonchev–Trinajstić information content (AvgIpc) is 2.49. The van der Waals surface area contributed by atoms with Gasteiger partial charge in [0.2, 0.25) is 0 Å². The fourth-order valence-corrected chi connectivity index (χ4v) is 2.79. The van der Waals surface area contributed by atoms with Crippen molar-refractivity contribution in [3.05, 3.63) is 27.7 Å². The van der Waals surface area contributed by atoms with E-state index < -0.39 is 29.6 Å². The Hall–Kier alpha value is -1.09. The first-order valence-electron chi connectivity index (χ1n) is 6.98. The highest BCUT2D eigenvalue weighted by Crippen LogP contribution is 2.42. The highest BCUT2D eigenvalue weighted by molar-refractivity contribution is 6.42. The largest absolute Gasteiger partial charge is 0.491 e. The van der Waals surface area contributed by atoms with Crippen LogP contribution in [0, 0.1) is 0 Å².